The number of phenols is 1. The van der Waals surface area contributed by atoms with Crippen LogP contribution in [0.15, 0.2) is 23.0 Å². The molecule has 11 nitrogen and oxygen atoms in total. The second-order valence-corrected chi connectivity index (χ2v) is 12.8. The molecule has 5 aliphatic rings. The van der Waals surface area contributed by atoms with Gasteiger partial charge in [0.15, 0.2) is 11.4 Å². The molecule has 0 unspecified atom stereocenters. The largest absolute Gasteiger partial charge is 0.508 e. The Balaban J connectivity index is 1.44. The molecule has 4 aliphatic carbocycles. The number of ether oxygens (including phenoxy) is 1. The minimum Gasteiger partial charge on any atom is -0.508 e. The van der Waals surface area contributed by atoms with Crippen LogP contribution >= 0.6 is 0 Å². The number of nitrogens with two attached hydrogens (primary N) is 2. The minimum absolute atomic E-state index is 0.0277. The summed E-state index contributed by atoms with van der Waals surface area (Å²) in [7, 11) is 1.55. The Morgan fingerprint density at radius 3 is 2.37 bits per heavy atom. The number of carbonyl (C=O) groups excluding carboxylic acids is 3. The Labute approximate surface area is 250 Å². The van der Waals surface area contributed by atoms with Crippen LogP contribution in [0.5, 0.6) is 11.5 Å². The number of carbonyl (C=O) groups is 3. The number of methoxy groups -OCH3 is 1. The summed E-state index contributed by atoms with van der Waals surface area (Å²) in [6.45, 7) is 0.958. The molecule has 1 aliphatic heterocycles. The molecular weight excluding hydrogens is 554 g/mol. The summed E-state index contributed by atoms with van der Waals surface area (Å²) in [5, 5.41) is 45.3. The zero-order chi connectivity index (χ0) is 30.8. The molecule has 232 valence electrons. The van der Waals surface area contributed by atoms with Gasteiger partial charge in [-0.05, 0) is 57.1 Å². The van der Waals surface area contributed by atoms with Crippen molar-refractivity contribution in [3.05, 3.63) is 39.7 Å². The van der Waals surface area contributed by atoms with E-state index in [1.165, 1.54) is 32.1 Å². The summed E-state index contributed by atoms with van der Waals surface area (Å²) < 4.78 is 5.99. The number of fused-ring (bicyclic) bond motifs is 3. The van der Waals surface area contributed by atoms with E-state index in [1.807, 2.05) is 0 Å². The third kappa shape index (κ3) is 4.38. The van der Waals surface area contributed by atoms with Crippen LogP contribution in [-0.4, -0.2) is 74.1 Å². The van der Waals surface area contributed by atoms with Gasteiger partial charge in [-0.25, -0.2) is 0 Å². The maximum absolute atomic E-state index is 13.9. The van der Waals surface area contributed by atoms with Crippen molar-refractivity contribution in [1.29, 1.82) is 0 Å². The van der Waals surface area contributed by atoms with Crippen LogP contribution in [-0.2, 0) is 20.8 Å². The zero-order valence-electron chi connectivity index (χ0n) is 24.5. The molecule has 5 atom stereocenters. The van der Waals surface area contributed by atoms with Gasteiger partial charge < -0.3 is 36.6 Å². The maximum Gasteiger partial charge on any atom is 0.255 e. The van der Waals surface area contributed by atoms with Crippen molar-refractivity contribution in [2.45, 2.75) is 94.4 Å². The molecule has 0 bridgehead atoms. The fraction of sp³-hybridized carbons (Fsp3) is 0.594. The lowest BCUT2D eigenvalue weighted by atomic mass is 9.58. The van der Waals surface area contributed by atoms with Crippen molar-refractivity contribution >= 4 is 23.2 Å². The molecule has 3 fully saturated rings. The average Bonchev–Trinajstić information content (AvgIpc) is 3.42. The summed E-state index contributed by atoms with van der Waals surface area (Å²) in [5.41, 5.74) is 9.00. The topological polar surface area (TPSA) is 197 Å². The molecule has 11 heteroatoms. The lowest BCUT2D eigenvalue weighted by Crippen LogP contribution is -2.65. The number of primary amides is 1. The monoisotopic (exact) mass is 595 g/mol. The van der Waals surface area contributed by atoms with Gasteiger partial charge in [0, 0.05) is 34.7 Å². The molecular formula is C32H41N3O8. The van der Waals surface area contributed by atoms with E-state index >= 15 is 0 Å². The predicted molar refractivity (Wildman–Crippen MR) is 156 cm³/mol. The van der Waals surface area contributed by atoms with Crippen molar-refractivity contribution in [2.75, 3.05) is 13.7 Å². The number of aliphatic hydroxyl groups is 3. The Morgan fingerprint density at radius 1 is 1.05 bits per heavy atom. The average molecular weight is 596 g/mol. The summed E-state index contributed by atoms with van der Waals surface area (Å²) in [6, 6.07) is 0.610. The van der Waals surface area contributed by atoms with Crippen LogP contribution in [0.1, 0.15) is 86.9 Å². The second-order valence-electron chi connectivity index (χ2n) is 12.8. The first-order valence-corrected chi connectivity index (χ1v) is 15.4. The van der Waals surface area contributed by atoms with Gasteiger partial charge in [0.05, 0.1) is 18.7 Å². The molecule has 1 amide bonds. The number of aliphatic hydroxyl groups excluding tert-OH is 2. The van der Waals surface area contributed by atoms with Gasteiger partial charge in [-0.2, -0.15) is 0 Å². The SMILES string of the molecule is COc1c([C@@H]2CCCN2C2CCCCCCC2)cc(O)c2c1C[C@H]1C[C@H]3[C@H](N)C(=O)C(C(N)=O)=C(O)[C@@]3(O)C(=O)C1=C2O. The van der Waals surface area contributed by atoms with Crippen molar-refractivity contribution in [3.63, 3.8) is 0 Å². The number of ketones is 2. The number of amides is 1. The molecule has 43 heavy (non-hydrogen) atoms. The van der Waals surface area contributed by atoms with E-state index in [-0.39, 0.29) is 35.8 Å². The van der Waals surface area contributed by atoms with E-state index in [4.69, 9.17) is 16.2 Å². The fourth-order valence-corrected chi connectivity index (χ4v) is 8.61. The molecule has 0 aromatic heterocycles. The zero-order valence-corrected chi connectivity index (χ0v) is 24.5. The summed E-state index contributed by atoms with van der Waals surface area (Å²) >= 11 is 0. The number of aromatic hydroxyl groups is 1. The van der Waals surface area contributed by atoms with Gasteiger partial charge in [-0.15, -0.1) is 0 Å². The van der Waals surface area contributed by atoms with Crippen molar-refractivity contribution in [2.24, 2.45) is 23.3 Å². The number of hydrogen-bond donors (Lipinski definition) is 6. The Hall–Kier alpha value is -3.41. The minimum atomic E-state index is -2.73. The lowest BCUT2D eigenvalue weighted by Gasteiger charge is -2.48. The first kappa shape index (κ1) is 29.7. The van der Waals surface area contributed by atoms with Gasteiger partial charge in [-0.3, -0.25) is 19.3 Å². The standard InChI is InChI=1S/C32H41N3O8/c1-43-28-17(20-10-7-11-35(20)16-8-5-3-2-4-6-9-16)14-21(36)23-18(28)12-15-13-19-25(33)27(38)24(31(34)41)30(40)32(19,42)29(39)22(15)26(23)37/h14-16,19-20,25,36-37,40,42H,2-13,33H2,1H3,(H2,34,41)/t15-,19-,20-,25-,32-/m0/s1. The highest BCUT2D eigenvalue weighted by Crippen LogP contribution is 2.54. The molecule has 1 aromatic rings. The first-order chi connectivity index (χ1) is 20.5. The first-order valence-electron chi connectivity index (χ1n) is 15.4. The van der Waals surface area contributed by atoms with Gasteiger partial charge in [0.1, 0.15) is 28.6 Å². The van der Waals surface area contributed by atoms with E-state index in [9.17, 15) is 34.8 Å². The Bertz CT molecular complexity index is 1440. The smallest absolute Gasteiger partial charge is 0.255 e. The molecule has 1 aromatic carbocycles. The second kappa shape index (κ2) is 10.9. The molecule has 8 N–H and O–H groups in total. The van der Waals surface area contributed by atoms with E-state index in [0.29, 0.717) is 17.4 Å². The van der Waals surface area contributed by atoms with Gasteiger partial charge in [0.2, 0.25) is 5.78 Å². The number of phenolic OH excluding ortho intramolecular Hbond substituents is 1. The third-order valence-electron chi connectivity index (χ3n) is 10.6. The van der Waals surface area contributed by atoms with Crippen LogP contribution in [0.2, 0.25) is 0 Å². The number of likely N-dealkylation sites (tertiary alicyclic amines) is 1. The number of benzene rings is 1. The molecule has 2 saturated carbocycles. The summed E-state index contributed by atoms with van der Waals surface area (Å²) in [5.74, 6) is -6.66. The van der Waals surface area contributed by atoms with Crippen molar-refractivity contribution in [1.82, 2.24) is 4.90 Å². The van der Waals surface area contributed by atoms with E-state index in [1.54, 1.807) is 13.2 Å². The summed E-state index contributed by atoms with van der Waals surface area (Å²) in [6.07, 6.45) is 10.5. The number of nitrogens with zero attached hydrogens (tertiary/aromatic N) is 1. The lowest BCUT2D eigenvalue weighted by molar-refractivity contribution is -0.149. The van der Waals surface area contributed by atoms with E-state index < -0.39 is 58.0 Å². The van der Waals surface area contributed by atoms with Crippen LogP contribution in [0.25, 0.3) is 5.76 Å². The molecule has 0 radical (unpaired) electrons. The van der Waals surface area contributed by atoms with E-state index in [0.717, 1.165) is 37.8 Å². The van der Waals surface area contributed by atoms with Crippen molar-refractivity contribution < 1.29 is 39.5 Å². The Morgan fingerprint density at radius 2 is 1.72 bits per heavy atom. The quantitative estimate of drug-likeness (QED) is 0.282. The van der Waals surface area contributed by atoms with Crippen LogP contribution < -0.4 is 16.2 Å². The number of hydrogen-bond acceptors (Lipinski definition) is 10. The highest BCUT2D eigenvalue weighted by atomic mass is 16.5. The number of Topliss-reactive ketones (excluding diaryl/α,β-unsaturated/α-hetero) is 2. The molecule has 1 heterocycles. The predicted octanol–water partition coefficient (Wildman–Crippen LogP) is 2.62. The summed E-state index contributed by atoms with van der Waals surface area (Å²) in [4.78, 5) is 41.2. The number of rotatable bonds is 4. The molecule has 6 rings (SSSR count). The van der Waals surface area contributed by atoms with Crippen LogP contribution in [0.3, 0.4) is 0 Å². The third-order valence-corrected chi connectivity index (χ3v) is 10.6. The van der Waals surface area contributed by atoms with Gasteiger partial charge in [0.25, 0.3) is 5.91 Å². The van der Waals surface area contributed by atoms with Gasteiger partial charge >= 0.3 is 0 Å². The fourth-order valence-electron chi connectivity index (χ4n) is 8.61. The molecule has 1 saturated heterocycles. The van der Waals surface area contributed by atoms with Gasteiger partial charge in [-0.1, -0.05) is 32.1 Å². The highest BCUT2D eigenvalue weighted by Gasteiger charge is 2.63. The Kier molecular flexibility index (Phi) is 7.55. The van der Waals surface area contributed by atoms with Crippen LogP contribution in [0, 0.1) is 11.8 Å². The van der Waals surface area contributed by atoms with E-state index in [2.05, 4.69) is 4.90 Å². The highest BCUT2D eigenvalue weighted by molar-refractivity contribution is 6.24. The van der Waals surface area contributed by atoms with Crippen molar-refractivity contribution in [3.8, 4) is 11.5 Å². The molecule has 0 spiro atoms. The maximum atomic E-state index is 13.9. The normalized spacial score (nSPS) is 32.2. The van der Waals surface area contributed by atoms with Crippen LogP contribution in [0.4, 0.5) is 0 Å².